The number of ketones is 1. The summed E-state index contributed by atoms with van der Waals surface area (Å²) in [6, 6.07) is -0.449. The number of carbonyl (C=O) groups is 1. The summed E-state index contributed by atoms with van der Waals surface area (Å²) in [5.41, 5.74) is 0.266. The number of rotatable bonds is 0. The summed E-state index contributed by atoms with van der Waals surface area (Å²) in [5, 5.41) is 0.475. The zero-order valence-corrected chi connectivity index (χ0v) is 14.3. The van der Waals surface area contributed by atoms with Gasteiger partial charge in [0.1, 0.15) is 11.9 Å². The number of carbonyl (C=O) groups excluding carboxylic acids is 1. The summed E-state index contributed by atoms with van der Waals surface area (Å²) in [5.74, 6) is -0.264. The Morgan fingerprint density at radius 1 is 1.16 bits per heavy atom. The van der Waals surface area contributed by atoms with Gasteiger partial charge in [-0.2, -0.15) is 4.98 Å². The number of hydrogen-bond acceptors (Lipinski definition) is 6. The van der Waals surface area contributed by atoms with E-state index in [4.69, 9.17) is 0 Å². The van der Waals surface area contributed by atoms with Gasteiger partial charge < -0.3 is 9.80 Å². The Bertz CT molecular complexity index is 997. The number of hydrogen-bond donors (Lipinski definition) is 0. The second-order valence-corrected chi connectivity index (χ2v) is 6.60. The fraction of sp³-hybridized carbons (Fsp3) is 0.412. The van der Waals surface area contributed by atoms with Crippen LogP contribution in [-0.4, -0.2) is 57.9 Å². The van der Waals surface area contributed by atoms with Gasteiger partial charge in [0.05, 0.1) is 22.3 Å². The van der Waals surface area contributed by atoms with Gasteiger partial charge in [0.15, 0.2) is 11.6 Å². The molecule has 7 nitrogen and oxygen atoms in total. The molecule has 0 radical (unpaired) electrons. The van der Waals surface area contributed by atoms with Crippen LogP contribution in [0.2, 0.25) is 0 Å². The van der Waals surface area contributed by atoms with Crippen LogP contribution in [0.5, 0.6) is 0 Å². The summed E-state index contributed by atoms with van der Waals surface area (Å²) in [6.07, 6.45) is 3.09. The molecule has 2 aromatic rings. The first-order valence-electron chi connectivity index (χ1n) is 8.12. The molecule has 2 aromatic heterocycles. The average Bonchev–Trinajstić information content (AvgIpc) is 2.58. The third-order valence-corrected chi connectivity index (χ3v) is 4.94. The number of piperazine rings is 1. The van der Waals surface area contributed by atoms with Crippen molar-refractivity contribution in [2.24, 2.45) is 7.05 Å². The summed E-state index contributed by atoms with van der Waals surface area (Å²) < 4.78 is 16.0. The summed E-state index contributed by atoms with van der Waals surface area (Å²) >= 11 is 0. The largest absolute Gasteiger partial charge is 0.349 e. The predicted octanol–water partition coefficient (Wildman–Crippen LogP) is 0.492. The molecule has 2 aliphatic rings. The number of anilines is 1. The Kier molecular flexibility index (Phi) is 3.47. The molecule has 1 saturated heterocycles. The van der Waals surface area contributed by atoms with E-state index < -0.39 is 17.5 Å². The number of aromatic nitrogens is 3. The molecule has 0 aromatic carbocycles. The van der Waals surface area contributed by atoms with Gasteiger partial charge in [0.25, 0.3) is 0 Å². The van der Waals surface area contributed by atoms with E-state index in [-0.39, 0.29) is 17.0 Å². The summed E-state index contributed by atoms with van der Waals surface area (Å²) in [7, 11) is 3.44. The fourth-order valence-electron chi connectivity index (χ4n) is 3.56. The van der Waals surface area contributed by atoms with E-state index in [1.165, 1.54) is 17.7 Å². The molecule has 8 heteroatoms. The van der Waals surface area contributed by atoms with Crippen molar-refractivity contribution in [1.29, 1.82) is 0 Å². The highest BCUT2D eigenvalue weighted by Gasteiger charge is 2.34. The van der Waals surface area contributed by atoms with E-state index in [1.54, 1.807) is 13.0 Å². The predicted molar refractivity (Wildman–Crippen MR) is 92.1 cm³/mol. The van der Waals surface area contributed by atoms with Crippen molar-refractivity contribution in [2.75, 3.05) is 31.6 Å². The molecule has 0 bridgehead atoms. The molecular weight excluding hydrogens is 325 g/mol. The zero-order valence-electron chi connectivity index (χ0n) is 14.3. The monoisotopic (exact) mass is 343 g/mol. The van der Waals surface area contributed by atoms with E-state index in [0.717, 1.165) is 6.54 Å². The van der Waals surface area contributed by atoms with Gasteiger partial charge in [-0.25, -0.2) is 14.2 Å². The van der Waals surface area contributed by atoms with Gasteiger partial charge in [0, 0.05) is 26.7 Å². The maximum absolute atomic E-state index is 14.8. The lowest BCUT2D eigenvalue weighted by Gasteiger charge is -2.40. The van der Waals surface area contributed by atoms with Crippen molar-refractivity contribution in [2.45, 2.75) is 13.0 Å². The third-order valence-electron chi connectivity index (χ3n) is 4.94. The van der Waals surface area contributed by atoms with Crippen LogP contribution in [0.3, 0.4) is 0 Å². The third kappa shape index (κ3) is 2.28. The lowest BCUT2D eigenvalue weighted by molar-refractivity contribution is -0.116. The number of aryl methyl sites for hydroxylation is 2. The Labute approximate surface area is 143 Å². The van der Waals surface area contributed by atoms with E-state index >= 15 is 0 Å². The van der Waals surface area contributed by atoms with Crippen LogP contribution in [0.25, 0.3) is 17.0 Å². The minimum atomic E-state index is -0.548. The van der Waals surface area contributed by atoms with E-state index in [2.05, 4.69) is 14.9 Å². The van der Waals surface area contributed by atoms with Crippen LogP contribution >= 0.6 is 0 Å². The second kappa shape index (κ2) is 5.45. The topological polar surface area (TPSA) is 71.3 Å². The molecule has 1 unspecified atom stereocenters. The van der Waals surface area contributed by atoms with E-state index in [9.17, 15) is 14.0 Å². The summed E-state index contributed by atoms with van der Waals surface area (Å²) in [6.45, 7) is 3.33. The van der Waals surface area contributed by atoms with Crippen LogP contribution in [0.1, 0.15) is 11.4 Å². The smallest absolute Gasteiger partial charge is 0.343 e. The van der Waals surface area contributed by atoms with E-state index in [0.29, 0.717) is 30.0 Å². The molecule has 0 spiro atoms. The van der Waals surface area contributed by atoms with Gasteiger partial charge in [-0.05, 0) is 26.1 Å². The molecule has 2 aliphatic heterocycles. The van der Waals surface area contributed by atoms with Crippen molar-refractivity contribution >= 4 is 28.6 Å². The molecule has 0 saturated carbocycles. The molecule has 1 fully saturated rings. The Balaban J connectivity index is 2.13. The minimum absolute atomic E-state index is 0.0726. The number of pyridine rings is 1. The summed E-state index contributed by atoms with van der Waals surface area (Å²) in [4.78, 5) is 37.3. The standard InChI is InChI=1S/C17H18FN5O2/c1-9-14(18)15-13-10(19-9)4-5-12(24)11-8-21(2)6-7-23(11)16(13)20-17(25)22(15)3/h4-5,11H,6-8H2,1-3H3. The highest BCUT2D eigenvalue weighted by molar-refractivity contribution is 6.06. The molecule has 0 N–H and O–H groups in total. The van der Waals surface area contributed by atoms with E-state index in [1.807, 2.05) is 11.9 Å². The first-order valence-corrected chi connectivity index (χ1v) is 8.12. The Hall–Kier alpha value is -2.61. The Morgan fingerprint density at radius 3 is 2.68 bits per heavy atom. The minimum Gasteiger partial charge on any atom is -0.343 e. The normalized spacial score (nSPS) is 20.6. The van der Waals surface area contributed by atoms with Gasteiger partial charge in [-0.3, -0.25) is 9.36 Å². The second-order valence-electron chi connectivity index (χ2n) is 6.60. The van der Waals surface area contributed by atoms with Crippen LogP contribution in [0.15, 0.2) is 10.9 Å². The van der Waals surface area contributed by atoms with Crippen molar-refractivity contribution < 1.29 is 9.18 Å². The quantitative estimate of drug-likeness (QED) is 0.693. The maximum atomic E-state index is 14.8. The molecule has 25 heavy (non-hydrogen) atoms. The molecular formula is C17H18FN5O2. The van der Waals surface area contributed by atoms with Gasteiger partial charge >= 0.3 is 5.69 Å². The molecule has 0 amide bonds. The van der Waals surface area contributed by atoms with Crippen molar-refractivity contribution in [1.82, 2.24) is 19.4 Å². The first-order chi connectivity index (χ1) is 11.9. The number of likely N-dealkylation sites (N-methyl/N-ethyl adjacent to an activating group) is 1. The lowest BCUT2D eigenvalue weighted by atomic mass is 10.0. The van der Waals surface area contributed by atoms with Crippen LogP contribution < -0.4 is 10.6 Å². The average molecular weight is 343 g/mol. The molecule has 0 aliphatic carbocycles. The number of nitrogens with zero attached hydrogens (tertiary/aromatic N) is 5. The number of fused-ring (bicyclic) bond motifs is 2. The first kappa shape index (κ1) is 15.9. The molecule has 4 rings (SSSR count). The molecule has 1 atom stereocenters. The van der Waals surface area contributed by atoms with Crippen molar-refractivity contribution in [3.63, 3.8) is 0 Å². The van der Waals surface area contributed by atoms with Crippen LogP contribution in [-0.2, 0) is 11.8 Å². The molecule has 130 valence electrons. The van der Waals surface area contributed by atoms with Crippen molar-refractivity contribution in [3.8, 4) is 0 Å². The lowest BCUT2D eigenvalue weighted by Crippen LogP contribution is -2.56. The van der Waals surface area contributed by atoms with Crippen LogP contribution in [0.4, 0.5) is 10.2 Å². The zero-order chi connectivity index (χ0) is 17.9. The fourth-order valence-corrected chi connectivity index (χ4v) is 3.56. The van der Waals surface area contributed by atoms with Crippen molar-refractivity contribution in [3.05, 3.63) is 33.8 Å². The highest BCUT2D eigenvalue weighted by Crippen LogP contribution is 2.33. The van der Waals surface area contributed by atoms with Gasteiger partial charge in [-0.15, -0.1) is 0 Å². The Morgan fingerprint density at radius 2 is 1.92 bits per heavy atom. The number of halogens is 1. The SMILES string of the molecule is Cc1nc2c3c(nc(=O)n(C)c3c1F)N1CCN(C)CC1C(=O)C=C2. The van der Waals surface area contributed by atoms with Crippen LogP contribution in [0, 0.1) is 12.7 Å². The molecule has 4 heterocycles. The maximum Gasteiger partial charge on any atom is 0.349 e. The van der Waals surface area contributed by atoms with Gasteiger partial charge in [0.2, 0.25) is 0 Å². The van der Waals surface area contributed by atoms with Gasteiger partial charge in [-0.1, -0.05) is 0 Å². The highest BCUT2D eigenvalue weighted by atomic mass is 19.1.